The van der Waals surface area contributed by atoms with Crippen molar-refractivity contribution >= 4 is 5.96 Å². The standard InChI is InChI=1S/C19H33N3O3/c1-7-14(8-2)13-22-19(20-3)21-10-9-16-17(24-5)11-15(23-4)12-18(16)25-6/h11-12,14H,7-10,13H2,1-6H3,(H2,20,21,22). The number of hydrogen-bond acceptors (Lipinski definition) is 4. The summed E-state index contributed by atoms with van der Waals surface area (Å²) in [6.45, 7) is 6.09. The third-order valence-electron chi connectivity index (χ3n) is 4.42. The first kappa shape index (κ1) is 20.9. The van der Waals surface area contributed by atoms with E-state index < -0.39 is 0 Å². The van der Waals surface area contributed by atoms with Gasteiger partial charge in [0.2, 0.25) is 0 Å². The normalized spacial score (nSPS) is 11.4. The van der Waals surface area contributed by atoms with E-state index >= 15 is 0 Å². The molecule has 0 heterocycles. The zero-order chi connectivity index (χ0) is 18.7. The van der Waals surface area contributed by atoms with Crippen molar-refractivity contribution in [2.24, 2.45) is 10.9 Å². The van der Waals surface area contributed by atoms with E-state index in [0.717, 1.165) is 42.5 Å². The van der Waals surface area contributed by atoms with E-state index in [4.69, 9.17) is 14.2 Å². The Labute approximate surface area is 152 Å². The number of ether oxygens (including phenoxy) is 3. The molecule has 0 aliphatic rings. The van der Waals surface area contributed by atoms with E-state index in [1.165, 1.54) is 12.8 Å². The minimum Gasteiger partial charge on any atom is -0.496 e. The van der Waals surface area contributed by atoms with Crippen LogP contribution in [0, 0.1) is 5.92 Å². The van der Waals surface area contributed by atoms with Crippen molar-refractivity contribution in [3.63, 3.8) is 0 Å². The van der Waals surface area contributed by atoms with Crippen molar-refractivity contribution in [3.05, 3.63) is 17.7 Å². The molecule has 1 aromatic rings. The number of hydrogen-bond donors (Lipinski definition) is 2. The molecule has 0 fully saturated rings. The van der Waals surface area contributed by atoms with Gasteiger partial charge in [-0.05, 0) is 12.3 Å². The third-order valence-corrected chi connectivity index (χ3v) is 4.42. The highest BCUT2D eigenvalue weighted by atomic mass is 16.5. The highest BCUT2D eigenvalue weighted by Gasteiger charge is 2.13. The zero-order valence-corrected chi connectivity index (χ0v) is 16.4. The van der Waals surface area contributed by atoms with Crippen molar-refractivity contribution in [2.45, 2.75) is 33.1 Å². The Bertz CT molecular complexity index is 518. The molecule has 0 aliphatic heterocycles. The van der Waals surface area contributed by atoms with Crippen LogP contribution < -0.4 is 24.8 Å². The van der Waals surface area contributed by atoms with Gasteiger partial charge in [0.05, 0.1) is 21.3 Å². The quantitative estimate of drug-likeness (QED) is 0.501. The van der Waals surface area contributed by atoms with Gasteiger partial charge in [-0.15, -0.1) is 0 Å². The maximum Gasteiger partial charge on any atom is 0.190 e. The molecule has 0 saturated heterocycles. The van der Waals surface area contributed by atoms with Gasteiger partial charge in [0.25, 0.3) is 0 Å². The first-order valence-electron chi connectivity index (χ1n) is 8.86. The Morgan fingerprint density at radius 2 is 1.60 bits per heavy atom. The summed E-state index contributed by atoms with van der Waals surface area (Å²) in [4.78, 5) is 4.28. The summed E-state index contributed by atoms with van der Waals surface area (Å²) in [7, 11) is 6.73. The maximum absolute atomic E-state index is 5.49. The third kappa shape index (κ3) is 6.36. The highest BCUT2D eigenvalue weighted by Crippen LogP contribution is 2.34. The molecule has 1 aromatic carbocycles. The van der Waals surface area contributed by atoms with Gasteiger partial charge in [0.15, 0.2) is 5.96 Å². The molecule has 25 heavy (non-hydrogen) atoms. The summed E-state index contributed by atoms with van der Waals surface area (Å²) < 4.78 is 16.3. The summed E-state index contributed by atoms with van der Waals surface area (Å²) in [5.41, 5.74) is 1.01. The molecule has 1 rings (SSSR count). The molecule has 6 heteroatoms. The smallest absolute Gasteiger partial charge is 0.190 e. The topological polar surface area (TPSA) is 64.1 Å². The summed E-state index contributed by atoms with van der Waals surface area (Å²) in [5, 5.41) is 6.74. The van der Waals surface area contributed by atoms with Crippen LogP contribution in [-0.2, 0) is 6.42 Å². The minimum absolute atomic E-state index is 0.667. The number of rotatable bonds is 10. The Morgan fingerprint density at radius 1 is 1.00 bits per heavy atom. The molecule has 2 N–H and O–H groups in total. The molecule has 6 nitrogen and oxygen atoms in total. The average Bonchev–Trinajstić information content (AvgIpc) is 2.66. The lowest BCUT2D eigenvalue weighted by molar-refractivity contribution is 0.368. The van der Waals surface area contributed by atoms with Crippen molar-refractivity contribution in [1.29, 1.82) is 0 Å². The van der Waals surface area contributed by atoms with Crippen LogP contribution in [0.4, 0.5) is 0 Å². The molecular weight excluding hydrogens is 318 g/mol. The second-order valence-corrected chi connectivity index (χ2v) is 5.82. The number of guanidine groups is 1. The molecule has 0 unspecified atom stereocenters. The van der Waals surface area contributed by atoms with E-state index in [9.17, 15) is 0 Å². The van der Waals surface area contributed by atoms with Crippen LogP contribution >= 0.6 is 0 Å². The molecule has 0 aliphatic carbocycles. The fraction of sp³-hybridized carbons (Fsp3) is 0.632. The monoisotopic (exact) mass is 351 g/mol. The Kier molecular flexibility index (Phi) is 9.58. The van der Waals surface area contributed by atoms with Crippen LogP contribution in [0.1, 0.15) is 32.3 Å². The van der Waals surface area contributed by atoms with Gasteiger partial charge in [-0.2, -0.15) is 0 Å². The van der Waals surface area contributed by atoms with Crippen LogP contribution in [-0.4, -0.2) is 47.4 Å². The molecule has 0 amide bonds. The summed E-state index contributed by atoms with van der Waals surface area (Å²) in [5.74, 6) is 3.72. The first-order chi connectivity index (χ1) is 12.1. The molecule has 142 valence electrons. The average molecular weight is 351 g/mol. The number of benzene rings is 1. The van der Waals surface area contributed by atoms with Crippen LogP contribution in [0.3, 0.4) is 0 Å². The van der Waals surface area contributed by atoms with E-state index in [-0.39, 0.29) is 0 Å². The van der Waals surface area contributed by atoms with Gasteiger partial charge in [0, 0.05) is 37.8 Å². The predicted octanol–water partition coefficient (Wildman–Crippen LogP) is 2.86. The van der Waals surface area contributed by atoms with E-state index in [0.29, 0.717) is 11.7 Å². The lowest BCUT2D eigenvalue weighted by Gasteiger charge is -2.18. The van der Waals surface area contributed by atoms with Crippen molar-refractivity contribution in [3.8, 4) is 17.2 Å². The second kappa shape index (κ2) is 11.4. The summed E-state index contributed by atoms with van der Waals surface area (Å²) in [6, 6.07) is 3.75. The van der Waals surface area contributed by atoms with Crippen LogP contribution in [0.25, 0.3) is 0 Å². The van der Waals surface area contributed by atoms with Crippen molar-refractivity contribution in [2.75, 3.05) is 41.5 Å². The van der Waals surface area contributed by atoms with Gasteiger partial charge in [0.1, 0.15) is 17.2 Å². The zero-order valence-electron chi connectivity index (χ0n) is 16.4. The van der Waals surface area contributed by atoms with E-state index in [1.54, 1.807) is 28.4 Å². The van der Waals surface area contributed by atoms with Gasteiger partial charge in [-0.25, -0.2) is 0 Å². The Balaban J connectivity index is 2.68. The Hall–Kier alpha value is -2.11. The minimum atomic E-state index is 0.667. The first-order valence-corrected chi connectivity index (χ1v) is 8.86. The van der Waals surface area contributed by atoms with Crippen LogP contribution in [0.5, 0.6) is 17.2 Å². The molecule has 0 spiro atoms. The fourth-order valence-corrected chi connectivity index (χ4v) is 2.67. The second-order valence-electron chi connectivity index (χ2n) is 5.82. The number of aliphatic imine (C=N–C) groups is 1. The van der Waals surface area contributed by atoms with Gasteiger partial charge >= 0.3 is 0 Å². The molecule has 0 radical (unpaired) electrons. The summed E-state index contributed by atoms with van der Waals surface area (Å²) >= 11 is 0. The molecular formula is C19H33N3O3. The molecule has 0 atom stereocenters. The largest absolute Gasteiger partial charge is 0.496 e. The van der Waals surface area contributed by atoms with Crippen LogP contribution in [0.2, 0.25) is 0 Å². The van der Waals surface area contributed by atoms with Gasteiger partial charge in [-0.1, -0.05) is 26.7 Å². The number of methoxy groups -OCH3 is 3. The van der Waals surface area contributed by atoms with Crippen LogP contribution in [0.15, 0.2) is 17.1 Å². The summed E-state index contributed by atoms with van der Waals surface area (Å²) in [6.07, 6.45) is 3.09. The molecule has 0 saturated carbocycles. The number of nitrogens with one attached hydrogen (secondary N) is 2. The van der Waals surface area contributed by atoms with E-state index in [2.05, 4.69) is 29.5 Å². The fourth-order valence-electron chi connectivity index (χ4n) is 2.67. The lowest BCUT2D eigenvalue weighted by Crippen LogP contribution is -2.40. The van der Waals surface area contributed by atoms with Crippen molar-refractivity contribution < 1.29 is 14.2 Å². The Morgan fingerprint density at radius 3 is 2.04 bits per heavy atom. The maximum atomic E-state index is 5.49. The van der Waals surface area contributed by atoms with Gasteiger partial charge in [-0.3, -0.25) is 4.99 Å². The SMILES string of the molecule is CCC(CC)CNC(=NC)NCCc1c(OC)cc(OC)cc1OC. The lowest BCUT2D eigenvalue weighted by atomic mass is 10.0. The molecule has 0 bridgehead atoms. The van der Waals surface area contributed by atoms with Gasteiger partial charge < -0.3 is 24.8 Å². The van der Waals surface area contributed by atoms with E-state index in [1.807, 2.05) is 12.1 Å². The molecule has 0 aromatic heterocycles. The predicted molar refractivity (Wildman–Crippen MR) is 103 cm³/mol. The highest BCUT2D eigenvalue weighted by molar-refractivity contribution is 5.79. The van der Waals surface area contributed by atoms with Crippen molar-refractivity contribution in [1.82, 2.24) is 10.6 Å². The number of nitrogens with zero attached hydrogens (tertiary/aromatic N) is 1.